The second kappa shape index (κ2) is 7.46. The van der Waals surface area contributed by atoms with Gasteiger partial charge in [-0.25, -0.2) is 0 Å². The van der Waals surface area contributed by atoms with Crippen LogP contribution in [0.5, 0.6) is 5.75 Å². The van der Waals surface area contributed by atoms with Crippen molar-refractivity contribution in [2.24, 2.45) is 0 Å². The van der Waals surface area contributed by atoms with E-state index >= 15 is 0 Å². The fraction of sp³-hybridized carbons (Fsp3) is 0.316. The lowest BCUT2D eigenvalue weighted by atomic mass is 10.0. The zero-order valence-corrected chi connectivity index (χ0v) is 14.8. The lowest BCUT2D eigenvalue weighted by Gasteiger charge is -2.34. The Bertz CT molecular complexity index is 754. The van der Waals surface area contributed by atoms with E-state index in [4.69, 9.17) is 11.6 Å². The lowest BCUT2D eigenvalue weighted by Crippen LogP contribution is -2.41. The number of hydrogen-bond acceptors (Lipinski definition) is 3. The third-order valence-electron chi connectivity index (χ3n) is 3.77. The summed E-state index contributed by atoms with van der Waals surface area (Å²) in [4.78, 5) is 14.2. The fourth-order valence-electron chi connectivity index (χ4n) is 2.45. The summed E-state index contributed by atoms with van der Waals surface area (Å²) in [6, 6.07) is 4.66. The summed E-state index contributed by atoms with van der Waals surface area (Å²) in [5, 5.41) is 13.1. The van der Waals surface area contributed by atoms with Crippen molar-refractivity contribution in [3.05, 3.63) is 52.8 Å². The molecule has 24 heavy (non-hydrogen) atoms. The van der Waals surface area contributed by atoms with Gasteiger partial charge < -0.3 is 15.3 Å². The number of carbonyl (C=O) groups is 1. The zero-order chi connectivity index (χ0) is 17.7. The average Bonchev–Trinajstić information content (AvgIpc) is 2.51. The molecule has 2 N–H and O–H groups in total. The molecule has 0 unspecified atom stereocenters. The van der Waals surface area contributed by atoms with E-state index in [9.17, 15) is 9.90 Å². The van der Waals surface area contributed by atoms with Crippen molar-refractivity contribution >= 4 is 17.5 Å². The number of aromatic hydroxyl groups is 1. The number of rotatable bonds is 4. The van der Waals surface area contributed by atoms with Crippen molar-refractivity contribution in [3.63, 3.8) is 0 Å². The van der Waals surface area contributed by atoms with E-state index < -0.39 is 0 Å². The number of nitrogens with one attached hydrogen (secondary N) is 1. The van der Waals surface area contributed by atoms with E-state index in [1.54, 1.807) is 12.1 Å². The molecule has 1 aromatic carbocycles. The number of phenols is 1. The topological polar surface area (TPSA) is 52.6 Å². The summed E-state index contributed by atoms with van der Waals surface area (Å²) in [6.07, 6.45) is 5.78. The van der Waals surface area contributed by atoms with Gasteiger partial charge in [-0.2, -0.15) is 0 Å². The molecular weight excluding hydrogens is 324 g/mol. The summed E-state index contributed by atoms with van der Waals surface area (Å²) in [5.74, 6) is 5.95. The molecule has 0 bridgehead atoms. The minimum Gasteiger partial charge on any atom is -0.508 e. The predicted octanol–water partition coefficient (Wildman–Crippen LogP) is 3.22. The van der Waals surface area contributed by atoms with Crippen molar-refractivity contribution in [3.8, 4) is 17.6 Å². The number of allylic oxidation sites excluding steroid dienone is 1. The highest BCUT2D eigenvalue weighted by atomic mass is 35.5. The van der Waals surface area contributed by atoms with Gasteiger partial charge in [-0.05, 0) is 51.1 Å². The first kappa shape index (κ1) is 18.0. The molecule has 0 saturated carbocycles. The van der Waals surface area contributed by atoms with Gasteiger partial charge in [-0.3, -0.25) is 4.79 Å². The highest BCUT2D eigenvalue weighted by molar-refractivity contribution is 6.30. The van der Waals surface area contributed by atoms with E-state index in [-0.39, 0.29) is 23.6 Å². The number of benzene rings is 1. The standard InChI is InChI=1S/C19H21ClN2O2/c1-4-9-19(2,3)22-10-7-16(8-11-22)21-18(24)13-14-12-15(20)5-6-17(14)23/h5-8,10,12,23H,11,13H2,1-3H3,(H,21,24). The molecule has 0 radical (unpaired) electrons. The highest BCUT2D eigenvalue weighted by Crippen LogP contribution is 2.22. The van der Waals surface area contributed by atoms with Gasteiger partial charge in [0.05, 0.1) is 12.0 Å². The quantitative estimate of drug-likeness (QED) is 0.825. The fourth-order valence-corrected chi connectivity index (χ4v) is 2.65. The van der Waals surface area contributed by atoms with Gasteiger partial charge >= 0.3 is 0 Å². The maximum Gasteiger partial charge on any atom is 0.228 e. The normalized spacial score (nSPS) is 13.8. The minimum absolute atomic E-state index is 0.0636. The summed E-state index contributed by atoms with van der Waals surface area (Å²) in [7, 11) is 0. The molecule has 0 saturated heterocycles. The molecule has 1 heterocycles. The van der Waals surface area contributed by atoms with Crippen LogP contribution in [-0.2, 0) is 11.2 Å². The van der Waals surface area contributed by atoms with Crippen molar-refractivity contribution in [1.82, 2.24) is 10.2 Å². The summed E-state index contributed by atoms with van der Waals surface area (Å²) >= 11 is 5.89. The van der Waals surface area contributed by atoms with Gasteiger partial charge in [-0.1, -0.05) is 17.5 Å². The Morgan fingerprint density at radius 1 is 1.46 bits per heavy atom. The summed E-state index contributed by atoms with van der Waals surface area (Å²) in [6.45, 7) is 6.58. The second-order valence-corrected chi connectivity index (χ2v) is 6.50. The molecule has 1 aliphatic rings. The Morgan fingerprint density at radius 2 is 2.21 bits per heavy atom. The summed E-state index contributed by atoms with van der Waals surface area (Å²) < 4.78 is 0. The molecule has 0 fully saturated rings. The van der Waals surface area contributed by atoms with E-state index in [0.29, 0.717) is 17.1 Å². The maximum atomic E-state index is 12.1. The van der Waals surface area contributed by atoms with E-state index in [1.165, 1.54) is 6.07 Å². The molecule has 0 aromatic heterocycles. The first-order valence-electron chi connectivity index (χ1n) is 7.68. The zero-order valence-electron chi connectivity index (χ0n) is 14.1. The van der Waals surface area contributed by atoms with E-state index in [1.807, 2.05) is 39.1 Å². The van der Waals surface area contributed by atoms with Gasteiger partial charge in [0.2, 0.25) is 5.91 Å². The molecule has 5 heteroatoms. The largest absolute Gasteiger partial charge is 0.508 e. The van der Waals surface area contributed by atoms with Crippen molar-refractivity contribution in [1.29, 1.82) is 0 Å². The lowest BCUT2D eigenvalue weighted by molar-refractivity contribution is -0.119. The predicted molar refractivity (Wildman–Crippen MR) is 96.4 cm³/mol. The monoisotopic (exact) mass is 344 g/mol. The molecule has 1 aliphatic heterocycles. The Kier molecular flexibility index (Phi) is 5.58. The molecular formula is C19H21ClN2O2. The average molecular weight is 345 g/mol. The van der Waals surface area contributed by atoms with Crippen LogP contribution in [0, 0.1) is 11.8 Å². The van der Waals surface area contributed by atoms with Gasteiger partial charge in [0, 0.05) is 29.0 Å². The Balaban J connectivity index is 1.96. The molecule has 0 atom stereocenters. The van der Waals surface area contributed by atoms with E-state index in [2.05, 4.69) is 22.1 Å². The van der Waals surface area contributed by atoms with Crippen LogP contribution < -0.4 is 5.32 Å². The number of hydrogen-bond donors (Lipinski definition) is 2. The first-order valence-corrected chi connectivity index (χ1v) is 8.06. The Hall–Kier alpha value is -2.38. The van der Waals surface area contributed by atoms with Crippen LogP contribution >= 0.6 is 11.6 Å². The van der Waals surface area contributed by atoms with Crippen LogP contribution in [0.15, 0.2) is 42.2 Å². The second-order valence-electron chi connectivity index (χ2n) is 6.06. The molecule has 0 aliphatic carbocycles. The molecule has 0 spiro atoms. The number of phenolic OH excluding ortho intramolecular Hbond substituents is 1. The van der Waals surface area contributed by atoms with Crippen LogP contribution in [0.25, 0.3) is 0 Å². The smallest absolute Gasteiger partial charge is 0.228 e. The summed E-state index contributed by atoms with van der Waals surface area (Å²) in [5.41, 5.74) is 0.975. The Labute approximate surface area is 147 Å². The van der Waals surface area contributed by atoms with Gasteiger partial charge in [0.25, 0.3) is 0 Å². The number of halogens is 1. The van der Waals surface area contributed by atoms with Crippen molar-refractivity contribution in [2.75, 3.05) is 6.54 Å². The molecule has 1 aromatic rings. The van der Waals surface area contributed by atoms with Crippen LogP contribution in [0.1, 0.15) is 26.3 Å². The van der Waals surface area contributed by atoms with Gasteiger partial charge in [-0.15, -0.1) is 5.92 Å². The van der Waals surface area contributed by atoms with Crippen molar-refractivity contribution < 1.29 is 9.90 Å². The van der Waals surface area contributed by atoms with E-state index in [0.717, 1.165) is 5.70 Å². The molecule has 4 nitrogen and oxygen atoms in total. The SMILES string of the molecule is CC#CC(C)(C)N1C=CC(NC(=O)Cc2cc(Cl)ccc2O)=CC1. The highest BCUT2D eigenvalue weighted by Gasteiger charge is 2.22. The van der Waals surface area contributed by atoms with Crippen LogP contribution in [0.2, 0.25) is 5.02 Å². The minimum atomic E-state index is -0.260. The first-order chi connectivity index (χ1) is 11.3. The van der Waals surface area contributed by atoms with Gasteiger partial charge in [0.1, 0.15) is 5.75 Å². The molecule has 1 amide bonds. The number of amides is 1. The maximum absolute atomic E-state index is 12.1. The molecule has 2 rings (SSSR count). The van der Waals surface area contributed by atoms with Crippen LogP contribution in [0.3, 0.4) is 0 Å². The molecule has 126 valence electrons. The third kappa shape index (κ3) is 4.56. The Morgan fingerprint density at radius 3 is 2.83 bits per heavy atom. The number of nitrogens with zero attached hydrogens (tertiary/aromatic N) is 1. The van der Waals surface area contributed by atoms with Crippen molar-refractivity contribution in [2.45, 2.75) is 32.7 Å². The third-order valence-corrected chi connectivity index (χ3v) is 4.00. The van der Waals surface area contributed by atoms with Crippen LogP contribution in [-0.4, -0.2) is 28.0 Å². The van der Waals surface area contributed by atoms with Crippen LogP contribution in [0.4, 0.5) is 0 Å². The van der Waals surface area contributed by atoms with Gasteiger partial charge in [0.15, 0.2) is 0 Å². The number of carbonyl (C=O) groups excluding carboxylic acids is 1.